The number of aliphatic hydroxyl groups is 2. The van der Waals surface area contributed by atoms with Gasteiger partial charge in [-0.3, -0.25) is 0 Å². The third kappa shape index (κ3) is 5.36. The van der Waals surface area contributed by atoms with Crippen LogP contribution in [0.15, 0.2) is 70.0 Å². The third-order valence-electron chi connectivity index (χ3n) is 4.14. The SMILES string of the molecule is Cc1nnccc1Oc1cc(Sc2ccccc2)cnc1Nc1nc(C(O)CO)cs1. The molecular formula is C21H19N5O3S2. The summed E-state index contributed by atoms with van der Waals surface area (Å²) < 4.78 is 6.11. The fourth-order valence-corrected chi connectivity index (χ4v) is 4.18. The van der Waals surface area contributed by atoms with Crippen molar-refractivity contribution in [1.29, 1.82) is 0 Å². The van der Waals surface area contributed by atoms with E-state index in [1.807, 2.05) is 43.3 Å². The summed E-state index contributed by atoms with van der Waals surface area (Å²) >= 11 is 2.87. The summed E-state index contributed by atoms with van der Waals surface area (Å²) in [7, 11) is 0. The molecule has 10 heteroatoms. The molecule has 8 nitrogen and oxygen atoms in total. The van der Waals surface area contributed by atoms with E-state index in [0.717, 1.165) is 9.79 Å². The van der Waals surface area contributed by atoms with Crippen molar-refractivity contribution in [3.8, 4) is 11.5 Å². The molecule has 3 N–H and O–H groups in total. The average molecular weight is 454 g/mol. The first-order valence-electron chi connectivity index (χ1n) is 9.33. The van der Waals surface area contributed by atoms with Crippen LogP contribution < -0.4 is 10.1 Å². The minimum Gasteiger partial charge on any atom is -0.451 e. The molecule has 0 aliphatic rings. The highest BCUT2D eigenvalue weighted by atomic mass is 32.2. The fourth-order valence-electron chi connectivity index (χ4n) is 2.59. The van der Waals surface area contributed by atoms with Gasteiger partial charge in [-0.25, -0.2) is 9.97 Å². The number of aryl methyl sites for hydroxylation is 1. The monoisotopic (exact) mass is 453 g/mol. The summed E-state index contributed by atoms with van der Waals surface area (Å²) in [5.74, 6) is 1.53. The molecule has 3 heterocycles. The van der Waals surface area contributed by atoms with Gasteiger partial charge in [-0.15, -0.1) is 11.3 Å². The van der Waals surface area contributed by atoms with Crippen molar-refractivity contribution in [3.05, 3.63) is 71.6 Å². The predicted molar refractivity (Wildman–Crippen MR) is 119 cm³/mol. The molecule has 1 unspecified atom stereocenters. The van der Waals surface area contributed by atoms with Crippen LogP contribution in [0.1, 0.15) is 17.5 Å². The van der Waals surface area contributed by atoms with Crippen molar-refractivity contribution in [2.75, 3.05) is 11.9 Å². The Labute approximate surface area is 187 Å². The number of aliphatic hydroxyl groups excluding tert-OH is 2. The van der Waals surface area contributed by atoms with Crippen molar-refractivity contribution in [2.24, 2.45) is 0 Å². The van der Waals surface area contributed by atoms with Gasteiger partial charge in [0.1, 0.15) is 11.8 Å². The van der Waals surface area contributed by atoms with Gasteiger partial charge in [-0.05, 0) is 19.1 Å². The second-order valence-electron chi connectivity index (χ2n) is 6.42. The molecule has 4 rings (SSSR count). The van der Waals surface area contributed by atoms with Gasteiger partial charge >= 0.3 is 0 Å². The van der Waals surface area contributed by atoms with E-state index in [0.29, 0.717) is 33.8 Å². The number of aromatic nitrogens is 4. The van der Waals surface area contributed by atoms with E-state index in [1.165, 1.54) is 11.3 Å². The Hall–Kier alpha value is -3.05. The quantitative estimate of drug-likeness (QED) is 0.358. The number of nitrogens with one attached hydrogen (secondary N) is 1. The maximum Gasteiger partial charge on any atom is 0.188 e. The Morgan fingerprint density at radius 2 is 2.00 bits per heavy atom. The molecule has 158 valence electrons. The normalized spacial score (nSPS) is 11.8. The number of thiazole rings is 1. The zero-order valence-electron chi connectivity index (χ0n) is 16.5. The smallest absolute Gasteiger partial charge is 0.188 e. The van der Waals surface area contributed by atoms with E-state index in [1.54, 1.807) is 35.6 Å². The second-order valence-corrected chi connectivity index (χ2v) is 8.42. The first kappa shape index (κ1) is 21.2. The van der Waals surface area contributed by atoms with Gasteiger partial charge in [0, 0.05) is 33.5 Å². The molecule has 0 aliphatic heterocycles. The Morgan fingerprint density at radius 3 is 2.77 bits per heavy atom. The van der Waals surface area contributed by atoms with Crippen molar-refractivity contribution in [1.82, 2.24) is 20.2 Å². The van der Waals surface area contributed by atoms with Crippen LogP contribution in [0.3, 0.4) is 0 Å². The summed E-state index contributed by atoms with van der Waals surface area (Å²) in [6, 6.07) is 13.6. The van der Waals surface area contributed by atoms with Crippen molar-refractivity contribution < 1.29 is 14.9 Å². The standard InChI is InChI=1S/C21H19N5O3S2/c1-13-18(7-8-23-26-13)29-19-9-15(31-14-5-3-2-4-6-14)10-22-20(19)25-21-24-16(12-30-21)17(28)11-27/h2-10,12,17,27-28H,11H2,1H3,(H,22,24,25). The average Bonchev–Trinajstić information content (AvgIpc) is 3.26. The summed E-state index contributed by atoms with van der Waals surface area (Å²) in [4.78, 5) is 10.8. The summed E-state index contributed by atoms with van der Waals surface area (Å²) in [5, 5.41) is 32.1. The largest absolute Gasteiger partial charge is 0.451 e. The zero-order chi connectivity index (χ0) is 21.6. The number of hydrogen-bond donors (Lipinski definition) is 3. The number of pyridine rings is 1. The molecule has 0 saturated carbocycles. The molecule has 0 aliphatic carbocycles. The van der Waals surface area contributed by atoms with Gasteiger partial charge < -0.3 is 20.3 Å². The van der Waals surface area contributed by atoms with E-state index >= 15 is 0 Å². The van der Waals surface area contributed by atoms with Crippen LogP contribution in [0.2, 0.25) is 0 Å². The van der Waals surface area contributed by atoms with Crippen molar-refractivity contribution in [2.45, 2.75) is 22.8 Å². The van der Waals surface area contributed by atoms with Gasteiger partial charge in [0.15, 0.2) is 22.4 Å². The van der Waals surface area contributed by atoms with Crippen LogP contribution in [0.5, 0.6) is 11.5 Å². The lowest BCUT2D eigenvalue weighted by molar-refractivity contribution is 0.0928. The summed E-state index contributed by atoms with van der Waals surface area (Å²) in [6.45, 7) is 1.42. The maximum absolute atomic E-state index is 9.78. The molecule has 31 heavy (non-hydrogen) atoms. The number of rotatable bonds is 8. The Kier molecular flexibility index (Phi) is 6.73. The molecule has 0 saturated heterocycles. The topological polar surface area (TPSA) is 113 Å². The van der Waals surface area contributed by atoms with Crippen LogP contribution in [-0.4, -0.2) is 37.0 Å². The molecule has 0 fully saturated rings. The van der Waals surface area contributed by atoms with Gasteiger partial charge in [0.2, 0.25) is 0 Å². The second kappa shape index (κ2) is 9.84. The summed E-state index contributed by atoms with van der Waals surface area (Å²) in [6.07, 6.45) is 2.29. The highest BCUT2D eigenvalue weighted by Crippen LogP contribution is 2.37. The lowest BCUT2D eigenvalue weighted by atomic mass is 10.3. The number of ether oxygens (including phenoxy) is 1. The van der Waals surface area contributed by atoms with Gasteiger partial charge in [0.05, 0.1) is 18.5 Å². The van der Waals surface area contributed by atoms with Crippen LogP contribution in [0.4, 0.5) is 10.9 Å². The van der Waals surface area contributed by atoms with Crippen LogP contribution >= 0.6 is 23.1 Å². The zero-order valence-corrected chi connectivity index (χ0v) is 18.1. The fraction of sp³-hybridized carbons (Fsp3) is 0.143. The van der Waals surface area contributed by atoms with E-state index in [2.05, 4.69) is 25.5 Å². The molecule has 0 spiro atoms. The molecule has 0 amide bonds. The van der Waals surface area contributed by atoms with E-state index in [4.69, 9.17) is 9.84 Å². The van der Waals surface area contributed by atoms with E-state index < -0.39 is 12.7 Å². The molecular weight excluding hydrogens is 434 g/mol. The van der Waals surface area contributed by atoms with E-state index in [-0.39, 0.29) is 0 Å². The maximum atomic E-state index is 9.78. The van der Waals surface area contributed by atoms with Gasteiger partial charge in [0.25, 0.3) is 0 Å². The lowest BCUT2D eigenvalue weighted by Crippen LogP contribution is -2.03. The van der Waals surface area contributed by atoms with Crippen LogP contribution in [-0.2, 0) is 0 Å². The Morgan fingerprint density at radius 1 is 1.16 bits per heavy atom. The molecule has 4 aromatic rings. The van der Waals surface area contributed by atoms with Crippen LogP contribution in [0.25, 0.3) is 0 Å². The van der Waals surface area contributed by atoms with Crippen molar-refractivity contribution >= 4 is 34.0 Å². The number of nitrogens with zero attached hydrogens (tertiary/aromatic N) is 4. The summed E-state index contributed by atoms with van der Waals surface area (Å²) in [5.41, 5.74) is 1.04. The first-order valence-corrected chi connectivity index (χ1v) is 11.0. The third-order valence-corrected chi connectivity index (χ3v) is 5.89. The van der Waals surface area contributed by atoms with E-state index in [9.17, 15) is 5.11 Å². The van der Waals surface area contributed by atoms with Crippen LogP contribution in [0, 0.1) is 6.92 Å². The van der Waals surface area contributed by atoms with Gasteiger partial charge in [-0.1, -0.05) is 30.0 Å². The highest BCUT2D eigenvalue weighted by molar-refractivity contribution is 7.99. The first-order chi connectivity index (χ1) is 15.1. The minimum absolute atomic E-state index is 0.392. The number of hydrogen-bond acceptors (Lipinski definition) is 10. The lowest BCUT2D eigenvalue weighted by Gasteiger charge is -2.13. The number of anilines is 2. The molecule has 0 radical (unpaired) electrons. The Bertz CT molecular complexity index is 1160. The molecule has 0 bridgehead atoms. The minimum atomic E-state index is -1.02. The molecule has 3 aromatic heterocycles. The predicted octanol–water partition coefficient (Wildman–Crippen LogP) is 4.35. The highest BCUT2D eigenvalue weighted by Gasteiger charge is 2.15. The molecule has 1 aromatic carbocycles. The number of benzene rings is 1. The molecule has 1 atom stereocenters. The Balaban J connectivity index is 1.64. The van der Waals surface area contributed by atoms with Gasteiger partial charge in [-0.2, -0.15) is 10.2 Å². The van der Waals surface area contributed by atoms with Crippen molar-refractivity contribution in [3.63, 3.8) is 0 Å².